The topological polar surface area (TPSA) is 65.7 Å². The fourth-order valence-corrected chi connectivity index (χ4v) is 4.66. The van der Waals surface area contributed by atoms with Gasteiger partial charge in [-0.1, -0.05) is 13.0 Å². The molecule has 1 aliphatic rings. The Morgan fingerprint density at radius 1 is 1.03 bits per heavy atom. The molecule has 5 rings (SSSR count). The SMILES string of the molecule is CCc1nn2cc3c(nc2c1-c1ccc(OC)c(OC)c1)CC(c1cc(F)cc(F)c1)CC3=O. The van der Waals surface area contributed by atoms with Crippen LogP contribution in [-0.2, 0) is 12.8 Å². The van der Waals surface area contributed by atoms with E-state index in [0.717, 1.165) is 22.9 Å². The molecule has 34 heavy (non-hydrogen) atoms. The molecular formula is C26H23F2N3O3. The second-order valence-electron chi connectivity index (χ2n) is 8.35. The summed E-state index contributed by atoms with van der Waals surface area (Å²) in [6.07, 6.45) is 2.94. The number of aryl methyl sites for hydroxylation is 1. The number of hydrogen-bond donors (Lipinski definition) is 0. The van der Waals surface area contributed by atoms with Crippen LogP contribution < -0.4 is 9.47 Å². The van der Waals surface area contributed by atoms with Crippen LogP contribution in [0.5, 0.6) is 11.5 Å². The number of carbonyl (C=O) groups is 1. The van der Waals surface area contributed by atoms with Crippen molar-refractivity contribution in [2.24, 2.45) is 0 Å². The Labute approximate surface area is 195 Å². The Morgan fingerprint density at radius 3 is 2.44 bits per heavy atom. The first-order chi connectivity index (χ1) is 16.4. The van der Waals surface area contributed by atoms with Crippen LogP contribution in [0.2, 0.25) is 0 Å². The second-order valence-corrected chi connectivity index (χ2v) is 8.35. The number of benzene rings is 2. The van der Waals surface area contributed by atoms with Crippen molar-refractivity contribution in [2.75, 3.05) is 14.2 Å². The van der Waals surface area contributed by atoms with Crippen molar-refractivity contribution < 1.29 is 23.0 Å². The molecule has 0 saturated carbocycles. The van der Waals surface area contributed by atoms with Crippen molar-refractivity contribution in [3.63, 3.8) is 0 Å². The highest BCUT2D eigenvalue weighted by atomic mass is 19.1. The van der Waals surface area contributed by atoms with Crippen molar-refractivity contribution >= 4 is 11.4 Å². The molecule has 6 nitrogen and oxygen atoms in total. The normalized spacial score (nSPS) is 15.4. The molecule has 2 heterocycles. The van der Waals surface area contributed by atoms with E-state index in [1.54, 1.807) is 24.9 Å². The highest BCUT2D eigenvalue weighted by Crippen LogP contribution is 2.37. The van der Waals surface area contributed by atoms with E-state index in [9.17, 15) is 13.6 Å². The fourth-order valence-electron chi connectivity index (χ4n) is 4.66. The zero-order valence-corrected chi connectivity index (χ0v) is 19.1. The summed E-state index contributed by atoms with van der Waals surface area (Å²) in [4.78, 5) is 17.8. The molecule has 0 bridgehead atoms. The number of aromatic nitrogens is 3. The first-order valence-corrected chi connectivity index (χ1v) is 11.0. The van der Waals surface area contributed by atoms with Gasteiger partial charge in [-0.05, 0) is 54.2 Å². The van der Waals surface area contributed by atoms with Gasteiger partial charge in [-0.3, -0.25) is 4.79 Å². The third-order valence-corrected chi connectivity index (χ3v) is 6.30. The first kappa shape index (κ1) is 22.0. The van der Waals surface area contributed by atoms with Crippen molar-refractivity contribution in [1.29, 1.82) is 0 Å². The van der Waals surface area contributed by atoms with Crippen LogP contribution in [0.15, 0.2) is 42.6 Å². The number of halogens is 2. The number of Topliss-reactive ketones (excluding diaryl/α,β-unsaturated/α-hetero) is 1. The summed E-state index contributed by atoms with van der Waals surface area (Å²) in [5, 5.41) is 4.68. The van der Waals surface area contributed by atoms with E-state index in [1.807, 2.05) is 25.1 Å². The minimum Gasteiger partial charge on any atom is -0.493 e. The molecule has 174 valence electrons. The van der Waals surface area contributed by atoms with Gasteiger partial charge in [0, 0.05) is 24.2 Å². The maximum atomic E-state index is 13.8. The summed E-state index contributed by atoms with van der Waals surface area (Å²) in [6, 6.07) is 9.02. The lowest BCUT2D eigenvalue weighted by atomic mass is 9.82. The maximum absolute atomic E-state index is 13.8. The van der Waals surface area contributed by atoms with Crippen molar-refractivity contribution in [2.45, 2.75) is 32.1 Å². The Hall–Kier alpha value is -3.81. The number of hydrogen-bond acceptors (Lipinski definition) is 5. The van der Waals surface area contributed by atoms with Crippen molar-refractivity contribution in [1.82, 2.24) is 14.6 Å². The number of carbonyl (C=O) groups excluding carboxylic acids is 1. The van der Waals surface area contributed by atoms with E-state index in [4.69, 9.17) is 14.5 Å². The van der Waals surface area contributed by atoms with Gasteiger partial charge in [0.05, 0.1) is 31.2 Å². The van der Waals surface area contributed by atoms with Crippen LogP contribution in [0, 0.1) is 11.6 Å². The number of methoxy groups -OCH3 is 2. The van der Waals surface area contributed by atoms with E-state index in [0.29, 0.717) is 46.8 Å². The highest BCUT2D eigenvalue weighted by molar-refractivity contribution is 5.99. The molecule has 1 aliphatic carbocycles. The van der Waals surface area contributed by atoms with Gasteiger partial charge in [0.1, 0.15) is 11.6 Å². The zero-order valence-electron chi connectivity index (χ0n) is 19.1. The van der Waals surface area contributed by atoms with Crippen LogP contribution in [0.1, 0.15) is 46.6 Å². The van der Waals surface area contributed by atoms with Crippen molar-refractivity contribution in [3.05, 3.63) is 76.7 Å². The molecule has 1 atom stereocenters. The van der Waals surface area contributed by atoms with Gasteiger partial charge in [-0.25, -0.2) is 18.3 Å². The van der Waals surface area contributed by atoms with E-state index >= 15 is 0 Å². The third kappa shape index (κ3) is 3.69. The van der Waals surface area contributed by atoms with Gasteiger partial charge in [-0.2, -0.15) is 5.10 Å². The molecule has 0 aliphatic heterocycles. The lowest BCUT2D eigenvalue weighted by molar-refractivity contribution is 0.0962. The van der Waals surface area contributed by atoms with Crippen LogP contribution in [-0.4, -0.2) is 34.6 Å². The van der Waals surface area contributed by atoms with Gasteiger partial charge in [0.15, 0.2) is 22.9 Å². The molecule has 1 unspecified atom stereocenters. The molecule has 2 aromatic heterocycles. The smallest absolute Gasteiger partial charge is 0.166 e. The number of rotatable bonds is 5. The Balaban J connectivity index is 1.64. The molecule has 0 radical (unpaired) electrons. The predicted octanol–water partition coefficient (Wildman–Crippen LogP) is 5.17. The molecule has 0 fully saturated rings. The Morgan fingerprint density at radius 2 is 1.76 bits per heavy atom. The van der Waals surface area contributed by atoms with E-state index < -0.39 is 11.6 Å². The molecule has 2 aromatic carbocycles. The Kier molecular flexibility index (Phi) is 5.51. The van der Waals surface area contributed by atoms with Gasteiger partial charge in [0.25, 0.3) is 0 Å². The largest absolute Gasteiger partial charge is 0.493 e. The number of ether oxygens (including phenoxy) is 2. The fraction of sp³-hybridized carbons (Fsp3) is 0.269. The summed E-state index contributed by atoms with van der Waals surface area (Å²) < 4.78 is 40.1. The molecule has 8 heteroatoms. The highest BCUT2D eigenvalue weighted by Gasteiger charge is 2.30. The van der Waals surface area contributed by atoms with Gasteiger partial charge in [0.2, 0.25) is 0 Å². The van der Waals surface area contributed by atoms with Gasteiger partial charge in [-0.15, -0.1) is 0 Å². The number of ketones is 1. The molecule has 0 amide bonds. The monoisotopic (exact) mass is 463 g/mol. The zero-order chi connectivity index (χ0) is 24.0. The van der Waals surface area contributed by atoms with E-state index in [2.05, 4.69) is 5.10 Å². The average Bonchev–Trinajstić information content (AvgIpc) is 3.19. The predicted molar refractivity (Wildman–Crippen MR) is 123 cm³/mol. The Bertz CT molecular complexity index is 1410. The molecule has 4 aromatic rings. The molecule has 0 N–H and O–H groups in total. The number of nitrogens with zero attached hydrogens (tertiary/aromatic N) is 3. The van der Waals surface area contributed by atoms with Crippen LogP contribution in [0.25, 0.3) is 16.8 Å². The number of fused-ring (bicyclic) bond motifs is 2. The van der Waals surface area contributed by atoms with Crippen LogP contribution in [0.3, 0.4) is 0 Å². The summed E-state index contributed by atoms with van der Waals surface area (Å²) in [7, 11) is 3.16. The van der Waals surface area contributed by atoms with Gasteiger partial charge < -0.3 is 9.47 Å². The minimum atomic E-state index is -0.657. The second kappa shape index (κ2) is 8.52. The van der Waals surface area contributed by atoms with Crippen LogP contribution >= 0.6 is 0 Å². The van der Waals surface area contributed by atoms with Crippen molar-refractivity contribution in [3.8, 4) is 22.6 Å². The lowest BCUT2D eigenvalue weighted by Crippen LogP contribution is -2.21. The summed E-state index contributed by atoms with van der Waals surface area (Å²) in [5.74, 6) is -0.582. The maximum Gasteiger partial charge on any atom is 0.166 e. The lowest BCUT2D eigenvalue weighted by Gasteiger charge is -2.23. The first-order valence-electron chi connectivity index (χ1n) is 11.0. The third-order valence-electron chi connectivity index (χ3n) is 6.30. The average molecular weight is 463 g/mol. The molecular weight excluding hydrogens is 440 g/mol. The molecule has 0 saturated heterocycles. The van der Waals surface area contributed by atoms with Gasteiger partial charge >= 0.3 is 0 Å². The van der Waals surface area contributed by atoms with Crippen LogP contribution in [0.4, 0.5) is 8.78 Å². The summed E-state index contributed by atoms with van der Waals surface area (Å²) >= 11 is 0. The van der Waals surface area contributed by atoms with E-state index in [-0.39, 0.29) is 18.1 Å². The minimum absolute atomic E-state index is 0.119. The summed E-state index contributed by atoms with van der Waals surface area (Å²) in [5.41, 5.74) is 4.70. The molecule has 0 spiro atoms. The standard InChI is InChI=1S/C26H23F2N3O3/c1-4-20-25(14-5-6-23(33-2)24(11-14)34-3)26-29-21-9-16(15-7-17(27)12-18(28)8-15)10-22(32)19(21)13-31(26)30-20/h5-8,11-13,16H,4,9-10H2,1-3H3. The van der Waals surface area contributed by atoms with E-state index in [1.165, 1.54) is 12.1 Å². The quantitative estimate of drug-likeness (QED) is 0.409. The summed E-state index contributed by atoms with van der Waals surface area (Å²) in [6.45, 7) is 2.01.